The maximum Gasteiger partial charge on any atom is 4.00 e. The molecule has 3 rings (SSSR count). The van der Waals surface area contributed by atoms with Crippen LogP contribution in [0.25, 0.3) is 27.3 Å². The van der Waals surface area contributed by atoms with Crippen molar-refractivity contribution in [2.75, 3.05) is 0 Å². The minimum absolute atomic E-state index is 0. The van der Waals surface area contributed by atoms with Crippen molar-refractivity contribution >= 4 is 37.0 Å². The second kappa shape index (κ2) is 22.6. The Kier molecular flexibility index (Phi) is 25.6. The Balaban J connectivity index is -0.000000415. The molecular weight excluding hydrogens is 608 g/mol. The number of nitrogens with one attached hydrogen (secondary N) is 1. The predicted octanol–water partition coefficient (Wildman–Crippen LogP) is 2.21. The molecule has 0 aliphatic carbocycles. The molecule has 0 saturated heterocycles. The average Bonchev–Trinajstić information content (AvgIpc) is 3.07. The number of halogens is 2. The molecule has 0 spiro atoms. The van der Waals surface area contributed by atoms with Crippen LogP contribution in [0.5, 0.6) is 0 Å². The minimum atomic E-state index is -0.413. The number of carbonyl (C=O) groups is 1. The Morgan fingerprint density at radius 2 is 1.19 bits per heavy atom. The summed E-state index contributed by atoms with van der Waals surface area (Å²) in [5, 5.41) is 5.39. The molecule has 0 atom stereocenters. The number of amides is 1. The number of hydrogen-bond acceptors (Lipinski definition) is 1. The van der Waals surface area contributed by atoms with Gasteiger partial charge in [0.05, 0.1) is 0 Å². The smallest absolute Gasteiger partial charge is 1.00 e. The van der Waals surface area contributed by atoms with Crippen LogP contribution in [-0.2, 0) is 30.6 Å². The average molecular weight is 643 g/mol. The standard InChI is InChI=1S/C13H9.C10H21NO.C2H6Si.2ClH.Hf/c1-3-7-12-10(5-1)9-11-6-2-4-8-13(11)12;1-2-3-4-5-6-7-8-9-10(11)12;1-3-2;;;/h1-9H;2-9H2,1H3,(H2,11,12);1-2H3;2*1H;/q-1;;;;;+4/p-3. The summed E-state index contributed by atoms with van der Waals surface area (Å²) in [4.78, 5) is 10.2. The van der Waals surface area contributed by atoms with Crippen LogP contribution in [0, 0.1) is 0 Å². The van der Waals surface area contributed by atoms with Crippen molar-refractivity contribution in [2.45, 2.75) is 71.4 Å². The molecule has 168 valence electrons. The van der Waals surface area contributed by atoms with Gasteiger partial charge in [0.25, 0.3) is 0 Å². The van der Waals surface area contributed by atoms with Crippen molar-refractivity contribution in [1.82, 2.24) is 0 Å². The molecule has 0 fully saturated rings. The third-order valence-electron chi connectivity index (χ3n) is 4.53. The van der Waals surface area contributed by atoms with Crippen LogP contribution in [-0.4, -0.2) is 15.4 Å². The molecule has 1 N–H and O–H groups in total. The van der Waals surface area contributed by atoms with Gasteiger partial charge in [-0.05, 0) is 12.8 Å². The fourth-order valence-electron chi connectivity index (χ4n) is 3.15. The van der Waals surface area contributed by atoms with Gasteiger partial charge in [-0.15, -0.1) is 39.7 Å². The third kappa shape index (κ3) is 15.0. The molecule has 0 aromatic heterocycles. The number of benzene rings is 2. The Morgan fingerprint density at radius 1 is 0.806 bits per heavy atom. The van der Waals surface area contributed by atoms with Gasteiger partial charge in [-0.1, -0.05) is 94.9 Å². The normalized spacial score (nSPS) is 9.13. The van der Waals surface area contributed by atoms with Crippen LogP contribution in [0.3, 0.4) is 0 Å². The Morgan fingerprint density at radius 3 is 1.61 bits per heavy atom. The molecule has 3 aromatic carbocycles. The van der Waals surface area contributed by atoms with Crippen molar-refractivity contribution in [3.05, 3.63) is 60.3 Å². The monoisotopic (exact) mass is 643 g/mol. The van der Waals surface area contributed by atoms with Crippen LogP contribution in [0.2, 0.25) is 13.1 Å². The van der Waals surface area contributed by atoms with Gasteiger partial charge in [-0.2, -0.15) is 0 Å². The summed E-state index contributed by atoms with van der Waals surface area (Å²) in [6, 6.07) is 19.3. The molecule has 0 aliphatic rings. The van der Waals surface area contributed by atoms with E-state index in [-0.39, 0.29) is 50.7 Å². The van der Waals surface area contributed by atoms with Crippen molar-refractivity contribution in [1.29, 1.82) is 0 Å². The van der Waals surface area contributed by atoms with E-state index in [4.69, 9.17) is 5.73 Å². The van der Waals surface area contributed by atoms with Crippen molar-refractivity contribution < 1.29 is 55.5 Å². The number of hydrogen-bond donors (Lipinski definition) is 0. The topological polar surface area (TPSA) is 40.9 Å². The number of carbonyl (C=O) groups excluding carboxylic acids is 1. The SMILES string of the molecule is CCCCCCCCCC([NH-])=O.C[Si]C.[Cl-].[Cl-].[Hf+4].c1ccc2c(c1)[cH-]c1ccccc12. The molecule has 31 heavy (non-hydrogen) atoms. The van der Waals surface area contributed by atoms with Crippen LogP contribution < -0.4 is 24.8 Å². The van der Waals surface area contributed by atoms with E-state index >= 15 is 0 Å². The third-order valence-corrected chi connectivity index (χ3v) is 4.53. The second-order valence-electron chi connectivity index (χ2n) is 7.11. The fourth-order valence-corrected chi connectivity index (χ4v) is 3.15. The summed E-state index contributed by atoms with van der Waals surface area (Å²) in [6.45, 7) is 6.51. The first-order chi connectivity index (χ1) is 13.6. The van der Waals surface area contributed by atoms with E-state index in [2.05, 4.69) is 74.6 Å². The molecule has 0 unspecified atom stereocenters. The molecule has 0 bridgehead atoms. The number of rotatable bonds is 8. The molecule has 3 aromatic rings. The molecule has 2 nitrogen and oxygen atoms in total. The quantitative estimate of drug-likeness (QED) is 0.211. The summed E-state index contributed by atoms with van der Waals surface area (Å²) in [7, 11) is 1.08. The van der Waals surface area contributed by atoms with E-state index < -0.39 is 5.91 Å². The van der Waals surface area contributed by atoms with Gasteiger partial charge in [0.2, 0.25) is 0 Å². The summed E-state index contributed by atoms with van der Waals surface area (Å²) >= 11 is 0. The molecule has 6 heteroatoms. The Labute approximate surface area is 222 Å². The van der Waals surface area contributed by atoms with E-state index in [0.29, 0.717) is 6.42 Å². The van der Waals surface area contributed by atoms with Gasteiger partial charge in [0, 0.05) is 15.4 Å². The Bertz CT molecular complexity index is 760. The van der Waals surface area contributed by atoms with Crippen LogP contribution in [0.1, 0.15) is 58.3 Å². The molecule has 1 amide bonds. The van der Waals surface area contributed by atoms with Crippen LogP contribution in [0.15, 0.2) is 54.6 Å². The van der Waals surface area contributed by atoms with Gasteiger partial charge < -0.3 is 35.3 Å². The van der Waals surface area contributed by atoms with Crippen molar-refractivity contribution in [3.63, 3.8) is 0 Å². The summed E-state index contributed by atoms with van der Waals surface area (Å²) in [5.41, 5.74) is 6.69. The van der Waals surface area contributed by atoms with Gasteiger partial charge in [0.15, 0.2) is 0 Å². The fraction of sp³-hybridized carbons (Fsp3) is 0.440. The number of unbranched alkanes of at least 4 members (excludes halogenated alkanes) is 6. The van der Waals surface area contributed by atoms with Crippen LogP contribution >= 0.6 is 0 Å². The summed E-state index contributed by atoms with van der Waals surface area (Å²) < 4.78 is 0. The molecule has 0 heterocycles. The zero-order chi connectivity index (χ0) is 20.6. The first-order valence-electron chi connectivity index (χ1n) is 10.5. The van der Waals surface area contributed by atoms with E-state index in [0.717, 1.165) is 22.4 Å². The largest absolute Gasteiger partial charge is 4.00 e. The first-order valence-corrected chi connectivity index (χ1v) is 12.5. The zero-order valence-electron chi connectivity index (χ0n) is 19.0. The molecular formula is C25H35Cl2HfNOSi. The van der Waals surface area contributed by atoms with E-state index in [1.807, 2.05) is 0 Å². The first kappa shape index (κ1) is 35.0. The van der Waals surface area contributed by atoms with E-state index in [1.165, 1.54) is 53.6 Å². The zero-order valence-corrected chi connectivity index (χ0v) is 25.1. The van der Waals surface area contributed by atoms with Crippen molar-refractivity contribution in [2.24, 2.45) is 0 Å². The van der Waals surface area contributed by atoms with Crippen LogP contribution in [0.4, 0.5) is 0 Å². The second-order valence-corrected chi connectivity index (χ2v) is 8.11. The number of fused-ring (bicyclic) bond motifs is 3. The van der Waals surface area contributed by atoms with E-state index in [1.54, 1.807) is 0 Å². The molecule has 0 aliphatic heterocycles. The molecule has 0 saturated carbocycles. The van der Waals surface area contributed by atoms with Crippen molar-refractivity contribution in [3.8, 4) is 0 Å². The van der Waals surface area contributed by atoms with Gasteiger partial charge in [-0.3, -0.25) is 0 Å². The van der Waals surface area contributed by atoms with Gasteiger partial charge in [-0.25, -0.2) is 0 Å². The maximum atomic E-state index is 10.2. The van der Waals surface area contributed by atoms with Gasteiger partial charge in [0.1, 0.15) is 0 Å². The molecule has 2 radical (unpaired) electrons. The Hall–Kier alpha value is -0.553. The predicted molar refractivity (Wildman–Crippen MR) is 126 cm³/mol. The minimum Gasteiger partial charge on any atom is -1.00 e. The van der Waals surface area contributed by atoms with Gasteiger partial charge >= 0.3 is 25.8 Å². The summed E-state index contributed by atoms with van der Waals surface area (Å²) in [6.07, 6.45) is 8.94. The maximum absolute atomic E-state index is 10.2. The summed E-state index contributed by atoms with van der Waals surface area (Å²) in [5.74, 6) is -0.413. The van der Waals surface area contributed by atoms with E-state index in [9.17, 15) is 4.79 Å².